The van der Waals surface area contributed by atoms with E-state index in [1.54, 1.807) is 36.3 Å². The Morgan fingerprint density at radius 1 is 1.35 bits per heavy atom. The molecule has 0 spiro atoms. The summed E-state index contributed by atoms with van der Waals surface area (Å²) in [7, 11) is 5.40. The lowest BCUT2D eigenvalue weighted by Gasteiger charge is -2.39. The summed E-state index contributed by atoms with van der Waals surface area (Å²) in [6, 6.07) is 6.95. The van der Waals surface area contributed by atoms with Gasteiger partial charge in [-0.2, -0.15) is 0 Å². The Morgan fingerprint density at radius 3 is 2.58 bits per heavy atom. The van der Waals surface area contributed by atoms with Crippen LogP contribution in [0.5, 0.6) is 5.75 Å². The van der Waals surface area contributed by atoms with Crippen molar-refractivity contribution in [3.05, 3.63) is 29.8 Å². The molecule has 1 aliphatic heterocycles. The molecule has 0 saturated carbocycles. The summed E-state index contributed by atoms with van der Waals surface area (Å²) >= 11 is 0. The van der Waals surface area contributed by atoms with E-state index in [0.29, 0.717) is 30.8 Å². The first-order chi connectivity index (χ1) is 12.4. The van der Waals surface area contributed by atoms with Gasteiger partial charge in [-0.15, -0.1) is 0 Å². The van der Waals surface area contributed by atoms with Crippen molar-refractivity contribution in [3.8, 4) is 17.1 Å². The van der Waals surface area contributed by atoms with Gasteiger partial charge in [0.05, 0.1) is 13.2 Å². The maximum atomic E-state index is 11.9. The molecule has 3 rings (SSSR count). The number of carbonyl (C=O) groups is 1. The number of aromatic carboxylic acids is 1. The molecular weight excluding hydrogens is 338 g/mol. The minimum atomic E-state index is -1.11. The van der Waals surface area contributed by atoms with Crippen LogP contribution in [0.1, 0.15) is 16.8 Å². The summed E-state index contributed by atoms with van der Waals surface area (Å²) in [4.78, 5) is 15.6. The summed E-state index contributed by atoms with van der Waals surface area (Å²) in [5.41, 5.74) is 0.608. The van der Waals surface area contributed by atoms with E-state index in [1.165, 1.54) is 0 Å². The molecule has 0 radical (unpaired) electrons. The Bertz CT molecular complexity index is 772. The number of carboxylic acid groups (broad SMARTS) is 1. The Balaban J connectivity index is 1.92. The van der Waals surface area contributed by atoms with E-state index in [0.717, 1.165) is 0 Å². The highest BCUT2D eigenvalue weighted by Gasteiger charge is 2.34. The van der Waals surface area contributed by atoms with Gasteiger partial charge in [-0.1, -0.05) is 5.16 Å². The van der Waals surface area contributed by atoms with Gasteiger partial charge >= 0.3 is 5.97 Å². The number of piperidine rings is 1. The first-order valence-electron chi connectivity index (χ1n) is 8.39. The molecule has 8 heteroatoms. The fourth-order valence-electron chi connectivity index (χ4n) is 3.34. The van der Waals surface area contributed by atoms with Crippen molar-refractivity contribution in [1.82, 2.24) is 10.1 Å². The lowest BCUT2D eigenvalue weighted by atomic mass is 10.00. The molecule has 0 amide bonds. The van der Waals surface area contributed by atoms with Gasteiger partial charge in [0.1, 0.15) is 5.75 Å². The van der Waals surface area contributed by atoms with Crippen LogP contribution >= 0.6 is 0 Å². The van der Waals surface area contributed by atoms with E-state index in [9.17, 15) is 15.0 Å². The quantitative estimate of drug-likeness (QED) is 0.828. The lowest BCUT2D eigenvalue weighted by molar-refractivity contribution is 0.0620. The van der Waals surface area contributed by atoms with Gasteiger partial charge in [0.25, 0.3) is 0 Å². The third-order valence-corrected chi connectivity index (χ3v) is 4.75. The minimum Gasteiger partial charge on any atom is -0.497 e. The van der Waals surface area contributed by atoms with E-state index in [1.807, 2.05) is 19.0 Å². The fourth-order valence-corrected chi connectivity index (χ4v) is 3.34. The molecule has 1 aromatic carbocycles. The van der Waals surface area contributed by atoms with Gasteiger partial charge < -0.3 is 29.3 Å². The third-order valence-electron chi connectivity index (χ3n) is 4.75. The van der Waals surface area contributed by atoms with Crippen LogP contribution in [0, 0.1) is 0 Å². The number of hydrogen-bond acceptors (Lipinski definition) is 7. The Morgan fingerprint density at radius 2 is 2.04 bits per heavy atom. The van der Waals surface area contributed by atoms with Gasteiger partial charge in [-0.25, -0.2) is 4.79 Å². The van der Waals surface area contributed by atoms with E-state index in [-0.39, 0.29) is 23.2 Å². The molecule has 2 N–H and O–H groups in total. The maximum Gasteiger partial charge on any atom is 0.343 e. The van der Waals surface area contributed by atoms with Crippen LogP contribution in [0.15, 0.2) is 28.8 Å². The monoisotopic (exact) mass is 361 g/mol. The molecule has 2 atom stereocenters. The van der Waals surface area contributed by atoms with Crippen LogP contribution in [0.2, 0.25) is 0 Å². The van der Waals surface area contributed by atoms with Crippen LogP contribution < -0.4 is 9.64 Å². The average Bonchev–Trinajstić information content (AvgIpc) is 3.06. The molecule has 8 nitrogen and oxygen atoms in total. The number of anilines is 1. The zero-order valence-corrected chi connectivity index (χ0v) is 15.0. The smallest absolute Gasteiger partial charge is 0.343 e. The molecule has 1 saturated heterocycles. The maximum absolute atomic E-state index is 11.9. The number of carboxylic acids is 1. The van der Waals surface area contributed by atoms with Gasteiger partial charge in [0.2, 0.25) is 0 Å². The first kappa shape index (κ1) is 18.2. The van der Waals surface area contributed by atoms with E-state index < -0.39 is 12.1 Å². The number of benzene rings is 1. The normalized spacial score (nSPS) is 20.4. The van der Waals surface area contributed by atoms with Crippen LogP contribution in [0.3, 0.4) is 0 Å². The zero-order chi connectivity index (χ0) is 18.8. The van der Waals surface area contributed by atoms with E-state index in [4.69, 9.17) is 9.26 Å². The fraction of sp³-hybridized carbons (Fsp3) is 0.444. The van der Waals surface area contributed by atoms with Crippen molar-refractivity contribution in [1.29, 1.82) is 0 Å². The molecule has 140 valence electrons. The molecule has 0 bridgehead atoms. The highest BCUT2D eigenvalue weighted by molar-refractivity contribution is 5.99. The van der Waals surface area contributed by atoms with Gasteiger partial charge in [0, 0.05) is 24.7 Å². The summed E-state index contributed by atoms with van der Waals surface area (Å²) in [5.74, 6) is -0.00511. The predicted molar refractivity (Wildman–Crippen MR) is 95.8 cm³/mol. The Kier molecular flexibility index (Phi) is 5.15. The number of ether oxygens (including phenoxy) is 1. The molecular formula is C18H23N3O5. The third kappa shape index (κ3) is 3.38. The van der Waals surface area contributed by atoms with Crippen molar-refractivity contribution >= 4 is 11.8 Å². The number of β-amino-alcohol motifs (C(OH)–C–C–N with tert-alkyl or cyclic N) is 1. The van der Waals surface area contributed by atoms with Gasteiger partial charge in [-0.05, 0) is 44.8 Å². The first-order valence-corrected chi connectivity index (χ1v) is 8.39. The van der Waals surface area contributed by atoms with E-state index in [2.05, 4.69) is 5.16 Å². The number of aromatic nitrogens is 1. The van der Waals surface area contributed by atoms with Crippen molar-refractivity contribution in [3.63, 3.8) is 0 Å². The zero-order valence-electron chi connectivity index (χ0n) is 15.0. The number of aliphatic hydroxyl groups excluding tert-OH is 1. The molecule has 26 heavy (non-hydrogen) atoms. The van der Waals surface area contributed by atoms with Crippen molar-refractivity contribution in [2.24, 2.45) is 0 Å². The predicted octanol–water partition coefficient (Wildman–Crippen LogP) is 1.55. The molecule has 0 aliphatic carbocycles. The molecule has 1 fully saturated rings. The summed E-state index contributed by atoms with van der Waals surface area (Å²) < 4.78 is 10.5. The second-order valence-corrected chi connectivity index (χ2v) is 6.58. The van der Waals surface area contributed by atoms with Crippen molar-refractivity contribution in [2.75, 3.05) is 39.2 Å². The number of hydrogen-bond donors (Lipinski definition) is 2. The molecule has 1 aromatic heterocycles. The standard InChI is InChI=1S/C18H23N3O5/c1-20(2)13-8-9-21(10-14(13)22)17-15(18(23)24)16(26-19-17)11-4-6-12(25-3)7-5-11/h4-7,13-14,22H,8-10H2,1-3H3,(H,23,24)/t13-,14-/m0/s1. The molecule has 2 heterocycles. The van der Waals surface area contributed by atoms with Crippen molar-refractivity contribution < 1.29 is 24.3 Å². The van der Waals surface area contributed by atoms with Gasteiger partial charge in [0.15, 0.2) is 17.1 Å². The van der Waals surface area contributed by atoms with Crippen LogP contribution in [0.25, 0.3) is 11.3 Å². The molecule has 2 aromatic rings. The molecule has 0 unspecified atom stereocenters. The van der Waals surface area contributed by atoms with E-state index >= 15 is 0 Å². The topological polar surface area (TPSA) is 99.3 Å². The Hall–Kier alpha value is -2.58. The van der Waals surface area contributed by atoms with Crippen molar-refractivity contribution in [2.45, 2.75) is 18.6 Å². The average molecular weight is 361 g/mol. The number of aliphatic hydroxyl groups is 1. The number of nitrogens with zero attached hydrogens (tertiary/aromatic N) is 3. The Labute approximate surface area is 151 Å². The second-order valence-electron chi connectivity index (χ2n) is 6.58. The minimum absolute atomic E-state index is 0.00525. The highest BCUT2D eigenvalue weighted by Crippen LogP contribution is 2.33. The molecule has 1 aliphatic rings. The van der Waals surface area contributed by atoms with Gasteiger partial charge in [-0.3, -0.25) is 0 Å². The summed E-state index contributed by atoms with van der Waals surface area (Å²) in [6.07, 6.45) is 0.111. The highest BCUT2D eigenvalue weighted by atomic mass is 16.5. The van der Waals surface area contributed by atoms with Crippen LogP contribution in [0.4, 0.5) is 5.82 Å². The number of likely N-dealkylation sites (N-methyl/N-ethyl adjacent to an activating group) is 1. The number of rotatable bonds is 5. The van der Waals surface area contributed by atoms with Crippen LogP contribution in [-0.2, 0) is 0 Å². The number of methoxy groups -OCH3 is 1. The summed E-state index contributed by atoms with van der Waals surface area (Å²) in [5, 5.41) is 24.1. The lowest BCUT2D eigenvalue weighted by Crippen LogP contribution is -2.52. The second kappa shape index (κ2) is 7.35. The SMILES string of the molecule is COc1ccc(-c2onc(N3CC[C@H](N(C)C)[C@@H](O)C3)c2C(=O)O)cc1. The largest absolute Gasteiger partial charge is 0.497 e. The summed E-state index contributed by atoms with van der Waals surface area (Å²) in [6.45, 7) is 0.895. The van der Waals surface area contributed by atoms with Crippen LogP contribution in [-0.4, -0.2) is 72.7 Å².